The summed E-state index contributed by atoms with van der Waals surface area (Å²) in [6.45, 7) is -5.10. The van der Waals surface area contributed by atoms with Gasteiger partial charge in [0.25, 0.3) is 0 Å². The Balaban J connectivity index is 1.13. The number of ether oxygens (including phenoxy) is 11. The van der Waals surface area contributed by atoms with Gasteiger partial charge in [0.15, 0.2) is 37.7 Å². The lowest BCUT2D eigenvalue weighted by Gasteiger charge is -2.47. The van der Waals surface area contributed by atoms with Crippen LogP contribution in [0, 0.1) is 0 Å². The molecule has 0 bridgehead atoms. The van der Waals surface area contributed by atoms with E-state index in [1.54, 1.807) is 0 Å². The van der Waals surface area contributed by atoms with Crippen LogP contribution in [0.4, 0.5) is 0 Å². The van der Waals surface area contributed by atoms with E-state index in [1.165, 1.54) is 0 Å². The largest absolute Gasteiger partial charge is 0.394 e. The van der Waals surface area contributed by atoms with Crippen molar-refractivity contribution < 1.29 is 154 Å². The average molecular weight is 991 g/mol. The Morgan fingerprint density at radius 3 is 0.896 bits per heavy atom. The van der Waals surface area contributed by atoms with Crippen molar-refractivity contribution in [3.05, 3.63) is 0 Å². The van der Waals surface area contributed by atoms with Crippen LogP contribution in [0.2, 0.25) is 0 Å². The van der Waals surface area contributed by atoms with E-state index in [9.17, 15) is 102 Å². The molecule has 0 aromatic carbocycles. The van der Waals surface area contributed by atoms with E-state index in [2.05, 4.69) is 0 Å². The van der Waals surface area contributed by atoms with Crippen molar-refractivity contribution in [1.29, 1.82) is 0 Å². The molecule has 31 heteroatoms. The molecule has 20 N–H and O–H groups in total. The molecule has 0 saturated carbocycles. The Labute approximate surface area is 378 Å². The normalized spacial score (nSPS) is 53.4. The Morgan fingerprint density at radius 2 is 0.522 bits per heavy atom. The smallest absolute Gasteiger partial charge is 0.187 e. The van der Waals surface area contributed by atoms with Gasteiger partial charge in [-0.2, -0.15) is 0 Å². The molecular weight excluding hydrogens is 928 g/mol. The summed E-state index contributed by atoms with van der Waals surface area (Å²) in [6, 6.07) is 0. The van der Waals surface area contributed by atoms with Gasteiger partial charge in [0, 0.05) is 0 Å². The molecule has 0 aromatic heterocycles. The van der Waals surface area contributed by atoms with Gasteiger partial charge in [-0.1, -0.05) is 0 Å². The van der Waals surface area contributed by atoms with E-state index in [0.29, 0.717) is 0 Å². The predicted octanol–water partition coefficient (Wildman–Crippen LogP) is -14.1. The van der Waals surface area contributed by atoms with Gasteiger partial charge in [-0.3, -0.25) is 0 Å². The van der Waals surface area contributed by atoms with Crippen molar-refractivity contribution >= 4 is 0 Å². The minimum Gasteiger partial charge on any atom is -0.394 e. The maximum Gasteiger partial charge on any atom is 0.187 e. The Kier molecular flexibility index (Phi) is 19.4. The second kappa shape index (κ2) is 23.5. The molecule has 30 atom stereocenters. The molecule has 6 fully saturated rings. The highest BCUT2D eigenvalue weighted by Gasteiger charge is 2.55. The lowest BCUT2D eigenvalue weighted by molar-refractivity contribution is -0.372. The van der Waals surface area contributed by atoms with Crippen molar-refractivity contribution in [2.24, 2.45) is 0 Å². The van der Waals surface area contributed by atoms with E-state index in [-0.39, 0.29) is 0 Å². The maximum absolute atomic E-state index is 11.4. The standard InChI is InChI=1S/C36H62O31/c37-1-7-13(40)19(46)23(50)32(61-7)58-6-12-18(45)30(67-36-26(53)21(48)15(42)9(3-39)63-36)28(55)34(65-12)59-4-10-16(43)22(49)24(51)33(64-10)57-5-11-17(44)29(27(54)31(56)60-11)66-35-25(52)20(47)14(41)8(2-38)62-35/h7-56H,1-6H2/t7-,8-,9-,10-,11-,12-,13-,14-,15-,16-,17-,18-,19+,20+,21+,22+,23+,24+,25+,26+,27+,28+,29+,30+,31+,32+,33+,34+,35-,36-/m1/s1. The number of hydrogen-bond acceptors (Lipinski definition) is 31. The van der Waals surface area contributed by atoms with E-state index in [1.807, 2.05) is 0 Å². The van der Waals surface area contributed by atoms with Crippen LogP contribution >= 0.6 is 0 Å². The highest BCUT2D eigenvalue weighted by atomic mass is 16.8. The fourth-order valence-corrected chi connectivity index (χ4v) is 8.19. The zero-order chi connectivity index (χ0) is 49.3. The van der Waals surface area contributed by atoms with Gasteiger partial charge >= 0.3 is 0 Å². The number of aliphatic hydroxyl groups is 20. The predicted molar refractivity (Wildman–Crippen MR) is 199 cm³/mol. The van der Waals surface area contributed by atoms with Crippen molar-refractivity contribution in [3.8, 4) is 0 Å². The van der Waals surface area contributed by atoms with Crippen LogP contribution in [0.25, 0.3) is 0 Å². The van der Waals surface area contributed by atoms with Crippen LogP contribution in [-0.4, -0.2) is 326 Å². The lowest BCUT2D eigenvalue weighted by atomic mass is 9.96. The second-order valence-corrected chi connectivity index (χ2v) is 16.9. The molecule has 392 valence electrons. The van der Waals surface area contributed by atoms with Crippen LogP contribution in [0.15, 0.2) is 0 Å². The quantitative estimate of drug-likeness (QED) is 0.0683. The van der Waals surface area contributed by atoms with Crippen molar-refractivity contribution in [1.82, 2.24) is 0 Å². The third-order valence-electron chi connectivity index (χ3n) is 12.4. The van der Waals surface area contributed by atoms with Gasteiger partial charge < -0.3 is 154 Å². The highest BCUT2D eigenvalue weighted by molar-refractivity contribution is 4.98. The summed E-state index contributed by atoms with van der Waals surface area (Å²) in [5, 5.41) is 208. The summed E-state index contributed by atoms with van der Waals surface area (Å²) in [4.78, 5) is 0. The molecule has 0 amide bonds. The molecule has 31 nitrogen and oxygen atoms in total. The summed E-state index contributed by atoms with van der Waals surface area (Å²) in [5.74, 6) is 0. The molecule has 6 rings (SSSR count). The number of aliphatic hydroxyl groups excluding tert-OH is 20. The van der Waals surface area contributed by atoms with Crippen molar-refractivity contribution in [2.45, 2.75) is 184 Å². The Hall–Kier alpha value is -1.24. The first-order chi connectivity index (χ1) is 31.6. The fraction of sp³-hybridized carbons (Fsp3) is 1.00. The molecule has 6 saturated heterocycles. The van der Waals surface area contributed by atoms with E-state index >= 15 is 0 Å². The first-order valence-electron chi connectivity index (χ1n) is 21.1. The minimum absolute atomic E-state index is 0.816. The topological polar surface area (TPSA) is 506 Å². The van der Waals surface area contributed by atoms with E-state index in [0.717, 1.165) is 0 Å². The van der Waals surface area contributed by atoms with E-state index < -0.39 is 224 Å². The molecule has 6 heterocycles. The molecule has 0 radical (unpaired) electrons. The monoisotopic (exact) mass is 990 g/mol. The first kappa shape index (κ1) is 55.1. The summed E-state index contributed by atoms with van der Waals surface area (Å²) >= 11 is 0. The van der Waals surface area contributed by atoms with Crippen LogP contribution in [-0.2, 0) is 52.1 Å². The lowest BCUT2D eigenvalue weighted by Crippen LogP contribution is -2.66. The third kappa shape index (κ3) is 11.7. The fourth-order valence-electron chi connectivity index (χ4n) is 8.19. The second-order valence-electron chi connectivity index (χ2n) is 16.9. The summed E-state index contributed by atoms with van der Waals surface area (Å²) in [7, 11) is 0. The molecule has 0 aliphatic carbocycles. The number of rotatable bonds is 16. The van der Waals surface area contributed by atoms with Crippen molar-refractivity contribution in [3.63, 3.8) is 0 Å². The Morgan fingerprint density at radius 1 is 0.254 bits per heavy atom. The number of hydrogen-bond donors (Lipinski definition) is 20. The molecule has 67 heavy (non-hydrogen) atoms. The molecule has 0 aromatic rings. The third-order valence-corrected chi connectivity index (χ3v) is 12.4. The highest BCUT2D eigenvalue weighted by Crippen LogP contribution is 2.34. The average Bonchev–Trinajstić information content (AvgIpc) is 3.31. The van der Waals surface area contributed by atoms with Crippen molar-refractivity contribution in [2.75, 3.05) is 39.6 Å². The summed E-state index contributed by atoms with van der Waals surface area (Å²) in [6.07, 6.45) is -56.2. The zero-order valence-corrected chi connectivity index (χ0v) is 35.0. The van der Waals surface area contributed by atoms with Gasteiger partial charge in [0.2, 0.25) is 0 Å². The molecule has 6 aliphatic heterocycles. The van der Waals surface area contributed by atoms with Gasteiger partial charge in [-0.25, -0.2) is 0 Å². The van der Waals surface area contributed by atoms with Gasteiger partial charge in [-0.15, -0.1) is 0 Å². The van der Waals surface area contributed by atoms with Gasteiger partial charge in [0.05, 0.1) is 39.6 Å². The summed E-state index contributed by atoms with van der Waals surface area (Å²) < 4.78 is 60.3. The molecule has 0 spiro atoms. The van der Waals surface area contributed by atoms with E-state index in [4.69, 9.17) is 52.1 Å². The van der Waals surface area contributed by atoms with Gasteiger partial charge in [0.1, 0.15) is 146 Å². The summed E-state index contributed by atoms with van der Waals surface area (Å²) in [5.41, 5.74) is 0. The zero-order valence-electron chi connectivity index (χ0n) is 35.0. The van der Waals surface area contributed by atoms with Crippen LogP contribution < -0.4 is 0 Å². The van der Waals surface area contributed by atoms with Crippen LogP contribution in [0.1, 0.15) is 0 Å². The molecular formula is C36H62O31. The first-order valence-corrected chi connectivity index (χ1v) is 21.1. The van der Waals surface area contributed by atoms with Crippen LogP contribution in [0.5, 0.6) is 0 Å². The maximum atomic E-state index is 11.4. The van der Waals surface area contributed by atoms with Crippen LogP contribution in [0.3, 0.4) is 0 Å². The molecule has 6 aliphatic rings. The Bertz CT molecular complexity index is 1500. The van der Waals surface area contributed by atoms with Gasteiger partial charge in [-0.05, 0) is 0 Å². The molecule has 0 unspecified atom stereocenters. The SMILES string of the molecule is OC[C@H]1O[C@H](OC[C@H]2O[C@H](OC[C@H]3O[C@H](OC[C@H]4O[C@H](O)[C@@H](O)[C@@H](O[C@H]5O[C@H](CO)[C@@H](O)[C@H](O)[C@@H]5O)[C@@H]4O)[C@@H](O)[C@@H](O)[C@@H]3O)[C@@H](O)[C@@H](O[C@H]3O[C@H](CO)[C@@H](O)[C@H](O)[C@@H]3O)[C@@H]2O)[C@@H](O)[C@@H](O)[C@@H]1O. The minimum atomic E-state index is -2.11.